The molecule has 5 heteroatoms. The van der Waals surface area contributed by atoms with Crippen LogP contribution in [0.3, 0.4) is 0 Å². The molecule has 114 valence electrons. The van der Waals surface area contributed by atoms with Crippen LogP contribution < -0.4 is 10.2 Å². The minimum atomic E-state index is -0.472. The second kappa shape index (κ2) is 6.85. The summed E-state index contributed by atoms with van der Waals surface area (Å²) in [7, 11) is 1.40. The Hall–Kier alpha value is -2.69. The lowest BCUT2D eigenvalue weighted by molar-refractivity contribution is 0.0954. The van der Waals surface area contributed by atoms with E-state index in [0.717, 1.165) is 5.56 Å². The molecule has 4 nitrogen and oxygen atoms in total. The summed E-state index contributed by atoms with van der Waals surface area (Å²) in [6, 6.07) is 11.7. The summed E-state index contributed by atoms with van der Waals surface area (Å²) < 4.78 is 18.5. The van der Waals surface area contributed by atoms with Crippen LogP contribution in [-0.2, 0) is 0 Å². The maximum Gasteiger partial charge on any atom is 0.271 e. The van der Waals surface area contributed by atoms with Crippen molar-refractivity contribution in [3.63, 3.8) is 0 Å². The number of benzene rings is 2. The van der Waals surface area contributed by atoms with Crippen LogP contribution in [0.1, 0.15) is 28.4 Å². The van der Waals surface area contributed by atoms with E-state index >= 15 is 0 Å². The maximum absolute atomic E-state index is 13.7. The zero-order valence-corrected chi connectivity index (χ0v) is 12.7. The number of halogens is 1. The molecule has 2 rings (SSSR count). The van der Waals surface area contributed by atoms with Crippen molar-refractivity contribution in [2.24, 2.45) is 5.10 Å². The predicted molar refractivity (Wildman–Crippen MR) is 83.8 cm³/mol. The van der Waals surface area contributed by atoms with Gasteiger partial charge in [0, 0.05) is 11.1 Å². The van der Waals surface area contributed by atoms with Crippen molar-refractivity contribution >= 4 is 11.6 Å². The number of aryl methyl sites for hydroxylation is 1. The van der Waals surface area contributed by atoms with Crippen LogP contribution in [0.25, 0.3) is 0 Å². The van der Waals surface area contributed by atoms with Gasteiger partial charge in [-0.05, 0) is 43.7 Å². The summed E-state index contributed by atoms with van der Waals surface area (Å²) in [5.41, 5.74) is 4.98. The second-order valence-electron chi connectivity index (χ2n) is 4.80. The molecule has 0 aliphatic rings. The fraction of sp³-hybridized carbons (Fsp3) is 0.176. The predicted octanol–water partition coefficient (Wildman–Crippen LogP) is 3.30. The van der Waals surface area contributed by atoms with Gasteiger partial charge in [0.05, 0.1) is 12.8 Å². The van der Waals surface area contributed by atoms with Gasteiger partial charge in [-0.15, -0.1) is 0 Å². The molecule has 0 aliphatic carbocycles. The monoisotopic (exact) mass is 300 g/mol. The smallest absolute Gasteiger partial charge is 0.271 e. The van der Waals surface area contributed by atoms with Gasteiger partial charge in [0.25, 0.3) is 5.91 Å². The van der Waals surface area contributed by atoms with Crippen molar-refractivity contribution in [3.8, 4) is 5.75 Å². The highest BCUT2D eigenvalue weighted by Crippen LogP contribution is 2.18. The molecule has 0 atom stereocenters. The number of rotatable bonds is 4. The van der Waals surface area contributed by atoms with Gasteiger partial charge in [0.1, 0.15) is 0 Å². The van der Waals surface area contributed by atoms with E-state index in [-0.39, 0.29) is 11.7 Å². The third-order valence-corrected chi connectivity index (χ3v) is 3.28. The molecule has 2 aromatic carbocycles. The highest BCUT2D eigenvalue weighted by Gasteiger charge is 2.08. The first kappa shape index (κ1) is 15.7. The minimum Gasteiger partial charge on any atom is -0.494 e. The number of nitrogens with zero attached hydrogens (tertiary/aromatic N) is 1. The number of nitrogens with one attached hydrogen (secondary N) is 1. The number of ether oxygens (including phenoxy) is 1. The first-order valence-electron chi connectivity index (χ1n) is 6.77. The lowest BCUT2D eigenvalue weighted by Gasteiger charge is -2.06. The number of methoxy groups -OCH3 is 1. The highest BCUT2D eigenvalue weighted by atomic mass is 19.1. The third-order valence-electron chi connectivity index (χ3n) is 3.28. The maximum atomic E-state index is 13.7. The van der Waals surface area contributed by atoms with Crippen molar-refractivity contribution in [1.82, 2.24) is 5.43 Å². The van der Waals surface area contributed by atoms with Crippen molar-refractivity contribution in [2.45, 2.75) is 13.8 Å². The summed E-state index contributed by atoms with van der Waals surface area (Å²) in [5.74, 6) is -0.605. The molecule has 0 unspecified atom stereocenters. The topological polar surface area (TPSA) is 50.7 Å². The molecule has 0 saturated carbocycles. The molecular formula is C17H17FN2O2. The highest BCUT2D eigenvalue weighted by molar-refractivity contribution is 6.01. The van der Waals surface area contributed by atoms with Crippen LogP contribution >= 0.6 is 0 Å². The van der Waals surface area contributed by atoms with Crippen molar-refractivity contribution in [2.75, 3.05) is 7.11 Å². The van der Waals surface area contributed by atoms with E-state index in [0.29, 0.717) is 16.8 Å². The molecular weight excluding hydrogens is 283 g/mol. The number of hydrogen-bond donors (Lipinski definition) is 1. The summed E-state index contributed by atoms with van der Waals surface area (Å²) in [6.45, 7) is 3.55. The van der Waals surface area contributed by atoms with E-state index in [4.69, 9.17) is 4.74 Å². The van der Waals surface area contributed by atoms with E-state index in [2.05, 4.69) is 10.5 Å². The first-order chi connectivity index (χ1) is 10.5. The van der Waals surface area contributed by atoms with Crippen molar-refractivity contribution in [3.05, 3.63) is 65.0 Å². The van der Waals surface area contributed by atoms with E-state index < -0.39 is 5.82 Å². The van der Waals surface area contributed by atoms with Gasteiger partial charge in [-0.1, -0.05) is 18.2 Å². The molecule has 0 heterocycles. The van der Waals surface area contributed by atoms with Gasteiger partial charge < -0.3 is 4.74 Å². The molecule has 0 saturated heterocycles. The van der Waals surface area contributed by atoms with Crippen LogP contribution in [0, 0.1) is 12.7 Å². The Bertz CT molecular complexity index is 726. The molecule has 0 aliphatic heterocycles. The standard InChI is InChI=1S/C17H17FN2O2/c1-11-6-4-5-7-14(11)17(21)20-19-12(2)13-8-9-16(22-3)15(18)10-13/h4-10H,1-3H3,(H,20,21)/b19-12-. The van der Waals surface area contributed by atoms with E-state index in [1.165, 1.54) is 19.2 Å². The Labute approximate surface area is 128 Å². The Kier molecular flexibility index (Phi) is 4.88. The first-order valence-corrected chi connectivity index (χ1v) is 6.77. The zero-order valence-electron chi connectivity index (χ0n) is 12.7. The summed E-state index contributed by atoms with van der Waals surface area (Å²) >= 11 is 0. The molecule has 0 aromatic heterocycles. The fourth-order valence-corrected chi connectivity index (χ4v) is 1.98. The fourth-order valence-electron chi connectivity index (χ4n) is 1.98. The van der Waals surface area contributed by atoms with Crippen LogP contribution in [0.4, 0.5) is 4.39 Å². The molecule has 22 heavy (non-hydrogen) atoms. The number of amides is 1. The van der Waals surface area contributed by atoms with Crippen molar-refractivity contribution < 1.29 is 13.9 Å². The lowest BCUT2D eigenvalue weighted by atomic mass is 10.1. The largest absolute Gasteiger partial charge is 0.494 e. The molecule has 0 bridgehead atoms. The minimum absolute atomic E-state index is 0.167. The zero-order chi connectivity index (χ0) is 16.1. The normalized spacial score (nSPS) is 11.2. The number of carbonyl (C=O) groups is 1. The average molecular weight is 300 g/mol. The summed E-state index contributed by atoms with van der Waals surface area (Å²) in [5, 5.41) is 4.02. The summed E-state index contributed by atoms with van der Waals surface area (Å²) in [6.07, 6.45) is 0. The van der Waals surface area contributed by atoms with Crippen molar-refractivity contribution in [1.29, 1.82) is 0 Å². The lowest BCUT2D eigenvalue weighted by Crippen LogP contribution is -2.20. The number of hydrazone groups is 1. The van der Waals surface area contributed by atoms with Gasteiger partial charge in [0.15, 0.2) is 11.6 Å². The van der Waals surface area contributed by atoms with E-state index in [1.807, 2.05) is 19.1 Å². The quantitative estimate of drug-likeness (QED) is 0.696. The van der Waals surface area contributed by atoms with Gasteiger partial charge in [0.2, 0.25) is 0 Å². The van der Waals surface area contributed by atoms with Crippen LogP contribution in [-0.4, -0.2) is 18.7 Å². The van der Waals surface area contributed by atoms with Crippen LogP contribution in [0.15, 0.2) is 47.6 Å². The number of carbonyl (C=O) groups excluding carboxylic acids is 1. The van der Waals surface area contributed by atoms with Crippen LogP contribution in [0.5, 0.6) is 5.75 Å². The Balaban J connectivity index is 2.14. The molecule has 0 fully saturated rings. The molecule has 1 amide bonds. The Morgan fingerprint density at radius 2 is 1.95 bits per heavy atom. The van der Waals surface area contributed by atoms with Gasteiger partial charge in [-0.2, -0.15) is 5.10 Å². The molecule has 2 aromatic rings. The van der Waals surface area contributed by atoms with E-state index in [1.54, 1.807) is 25.1 Å². The number of hydrogen-bond acceptors (Lipinski definition) is 3. The Morgan fingerprint density at radius 3 is 2.59 bits per heavy atom. The van der Waals surface area contributed by atoms with Gasteiger partial charge in [-0.3, -0.25) is 4.79 Å². The second-order valence-corrected chi connectivity index (χ2v) is 4.80. The molecule has 0 radical (unpaired) electrons. The van der Waals surface area contributed by atoms with Crippen LogP contribution in [0.2, 0.25) is 0 Å². The van der Waals surface area contributed by atoms with Gasteiger partial charge >= 0.3 is 0 Å². The Morgan fingerprint density at radius 1 is 1.23 bits per heavy atom. The van der Waals surface area contributed by atoms with E-state index in [9.17, 15) is 9.18 Å². The molecule has 0 spiro atoms. The SMILES string of the molecule is COc1ccc(/C(C)=N\NC(=O)c2ccccc2C)cc1F. The average Bonchev–Trinajstić information content (AvgIpc) is 2.52. The summed E-state index contributed by atoms with van der Waals surface area (Å²) in [4.78, 5) is 12.1. The van der Waals surface area contributed by atoms with Gasteiger partial charge in [-0.25, -0.2) is 9.82 Å². The third kappa shape index (κ3) is 3.49. The molecule has 1 N–H and O–H groups in total.